The summed E-state index contributed by atoms with van der Waals surface area (Å²) in [6, 6.07) is 11.3. The molecule has 0 radical (unpaired) electrons. The Morgan fingerprint density at radius 3 is 1.35 bits per heavy atom. The number of benzene rings is 1. The second-order valence-electron chi connectivity index (χ2n) is 7.78. The van der Waals surface area contributed by atoms with Gasteiger partial charge in [0.2, 0.25) is 0 Å². The minimum Gasteiger partial charge on any atom is -0.210 e. The van der Waals surface area contributed by atoms with E-state index in [2.05, 4.69) is 71.9 Å². The maximum Gasteiger partial charge on any atom is 1.00 e. The normalized spacial score (nSPS) is 12.1. The average molecular weight is 266 g/mol. The second kappa shape index (κ2) is 9.01. The molecule has 2 heteroatoms. The van der Waals surface area contributed by atoms with Crippen LogP contribution >= 0.6 is 0 Å². The van der Waals surface area contributed by atoms with Crippen LogP contribution in [0.15, 0.2) is 30.3 Å². The molecule has 0 unspecified atom stereocenters. The summed E-state index contributed by atoms with van der Waals surface area (Å²) in [5.41, 5.74) is 1.61. The average Bonchev–Trinajstić information content (AvgIpc) is 2.27. The summed E-state index contributed by atoms with van der Waals surface area (Å²) >= 11 is 0. The molecule has 108 valence electrons. The molecule has 0 aromatic heterocycles. The maximum absolute atomic E-state index is 2.38. The van der Waals surface area contributed by atoms with Gasteiger partial charge in [0.1, 0.15) is 0 Å². The molecule has 0 N–H and O–H groups in total. The molecular formula is C18H32BLi. The molecule has 0 saturated heterocycles. The monoisotopic (exact) mass is 266 g/mol. The van der Waals surface area contributed by atoms with E-state index in [-0.39, 0.29) is 18.9 Å². The first kappa shape index (κ1) is 19.9. The molecule has 0 aliphatic carbocycles. The van der Waals surface area contributed by atoms with Crippen molar-refractivity contribution in [2.45, 2.75) is 60.5 Å². The molecule has 0 saturated carbocycles. The largest absolute Gasteiger partial charge is 1.00 e. The minimum absolute atomic E-state index is 0. The predicted molar refractivity (Wildman–Crippen MR) is 90.8 cm³/mol. The topological polar surface area (TPSA) is 0 Å². The van der Waals surface area contributed by atoms with Crippen molar-refractivity contribution >= 4 is 11.6 Å². The van der Waals surface area contributed by atoms with Gasteiger partial charge < -0.3 is 0 Å². The van der Waals surface area contributed by atoms with Gasteiger partial charge in [-0.05, 0) is 0 Å². The smallest absolute Gasteiger partial charge is 0.210 e. The first-order valence-corrected chi connectivity index (χ1v) is 8.11. The maximum atomic E-state index is 2.38. The number of hydrogen-bond acceptors (Lipinski definition) is 0. The van der Waals surface area contributed by atoms with Crippen LogP contribution in [-0.2, 0) is 0 Å². The molecule has 0 heterocycles. The van der Waals surface area contributed by atoms with Crippen LogP contribution < -0.4 is 24.3 Å². The van der Waals surface area contributed by atoms with Crippen LogP contribution in [0.4, 0.5) is 0 Å². The van der Waals surface area contributed by atoms with E-state index in [4.69, 9.17) is 0 Å². The minimum atomic E-state index is -0.415. The second-order valence-corrected chi connectivity index (χ2v) is 7.78. The molecular weight excluding hydrogens is 234 g/mol. The van der Waals surface area contributed by atoms with Gasteiger partial charge in [0, 0.05) is 6.15 Å². The van der Waals surface area contributed by atoms with Crippen LogP contribution in [0.25, 0.3) is 0 Å². The molecule has 0 aliphatic heterocycles. The summed E-state index contributed by atoms with van der Waals surface area (Å²) in [6.07, 6.45) is 3.67. The van der Waals surface area contributed by atoms with E-state index in [1.165, 1.54) is 19.0 Å². The summed E-state index contributed by atoms with van der Waals surface area (Å²) < 4.78 is 0. The molecule has 0 nitrogen and oxygen atoms in total. The Morgan fingerprint density at radius 1 is 0.700 bits per heavy atom. The van der Waals surface area contributed by atoms with Crippen molar-refractivity contribution in [2.24, 2.45) is 17.8 Å². The SMILES string of the molecule is CC(C)C[B-](CC(C)C)(CC(C)C)c1ccccc1.[Li+]. The Kier molecular flexibility index (Phi) is 8.96. The first-order valence-electron chi connectivity index (χ1n) is 8.11. The van der Waals surface area contributed by atoms with E-state index in [0.29, 0.717) is 0 Å². The molecule has 1 aromatic carbocycles. The molecule has 0 spiro atoms. The quantitative estimate of drug-likeness (QED) is 0.664. The van der Waals surface area contributed by atoms with E-state index in [0.717, 1.165) is 17.8 Å². The van der Waals surface area contributed by atoms with Gasteiger partial charge >= 0.3 is 18.9 Å². The summed E-state index contributed by atoms with van der Waals surface area (Å²) in [4.78, 5) is 0. The zero-order valence-corrected chi connectivity index (χ0v) is 14.8. The molecule has 0 aliphatic rings. The number of hydrogen-bond donors (Lipinski definition) is 0. The molecule has 20 heavy (non-hydrogen) atoms. The third kappa shape index (κ3) is 6.11. The van der Waals surface area contributed by atoms with Gasteiger partial charge in [0.25, 0.3) is 0 Å². The third-order valence-corrected chi connectivity index (χ3v) is 4.27. The Morgan fingerprint density at radius 2 is 1.05 bits per heavy atom. The van der Waals surface area contributed by atoms with Crippen molar-refractivity contribution in [3.8, 4) is 0 Å². The van der Waals surface area contributed by atoms with Crippen molar-refractivity contribution in [3.05, 3.63) is 30.3 Å². The van der Waals surface area contributed by atoms with Crippen LogP contribution in [-0.4, -0.2) is 6.15 Å². The van der Waals surface area contributed by atoms with Crippen molar-refractivity contribution in [1.82, 2.24) is 0 Å². The summed E-state index contributed by atoms with van der Waals surface area (Å²) in [7, 11) is 0. The fourth-order valence-corrected chi connectivity index (χ4v) is 4.27. The third-order valence-electron chi connectivity index (χ3n) is 4.27. The van der Waals surface area contributed by atoms with E-state index < -0.39 is 6.15 Å². The Hall–Kier alpha value is -0.118. The molecule has 0 bridgehead atoms. The molecule has 0 fully saturated rings. The Balaban J connectivity index is 0.00000361. The molecule has 1 aromatic rings. The van der Waals surface area contributed by atoms with E-state index >= 15 is 0 Å². The van der Waals surface area contributed by atoms with Crippen LogP contribution in [0, 0.1) is 17.8 Å². The van der Waals surface area contributed by atoms with Gasteiger partial charge in [0.05, 0.1) is 0 Å². The molecule has 0 amide bonds. The summed E-state index contributed by atoms with van der Waals surface area (Å²) in [5.74, 6) is 2.33. The standard InChI is InChI=1S/C18H32B.Li/c1-15(2)12-19(13-16(3)4,14-17(5)6)18-10-8-7-9-11-18;/h7-11,15-17H,12-14H2,1-6H3;/q-1;+1. The Bertz CT molecular complexity index is 330. The van der Waals surface area contributed by atoms with Gasteiger partial charge in [-0.3, -0.25) is 0 Å². The molecule has 1 rings (SSSR count). The number of rotatable bonds is 7. The summed E-state index contributed by atoms with van der Waals surface area (Å²) in [5, 5.41) is 0. The van der Waals surface area contributed by atoms with Crippen LogP contribution in [0.5, 0.6) is 0 Å². The van der Waals surface area contributed by atoms with E-state index in [1.54, 1.807) is 5.46 Å². The molecule has 0 atom stereocenters. The first-order chi connectivity index (χ1) is 8.85. The van der Waals surface area contributed by atoms with Crippen molar-refractivity contribution in [1.29, 1.82) is 0 Å². The van der Waals surface area contributed by atoms with Crippen LogP contribution in [0.1, 0.15) is 41.5 Å². The fraction of sp³-hybridized carbons (Fsp3) is 0.667. The summed E-state index contributed by atoms with van der Waals surface area (Å²) in [6.45, 7) is 14.3. The zero-order chi connectivity index (χ0) is 14.5. The van der Waals surface area contributed by atoms with Gasteiger partial charge in [0.15, 0.2) is 0 Å². The predicted octanol–water partition coefficient (Wildman–Crippen LogP) is 2.31. The van der Waals surface area contributed by atoms with Gasteiger partial charge in [-0.2, -0.15) is 19.0 Å². The van der Waals surface area contributed by atoms with E-state index in [1.807, 2.05) is 0 Å². The fourth-order valence-electron chi connectivity index (χ4n) is 4.27. The van der Waals surface area contributed by atoms with E-state index in [9.17, 15) is 0 Å². The van der Waals surface area contributed by atoms with Crippen LogP contribution in [0.2, 0.25) is 19.0 Å². The zero-order valence-electron chi connectivity index (χ0n) is 14.8. The van der Waals surface area contributed by atoms with Gasteiger partial charge in [-0.15, -0.1) is 0 Å². The van der Waals surface area contributed by atoms with Crippen molar-refractivity contribution in [2.75, 3.05) is 0 Å². The van der Waals surface area contributed by atoms with Crippen molar-refractivity contribution < 1.29 is 18.9 Å². The van der Waals surface area contributed by atoms with Crippen LogP contribution in [0.3, 0.4) is 0 Å². The Labute approximate surface area is 139 Å². The van der Waals surface area contributed by atoms with Crippen molar-refractivity contribution in [3.63, 3.8) is 0 Å². The van der Waals surface area contributed by atoms with Gasteiger partial charge in [-0.25, -0.2) is 5.46 Å². The van der Waals surface area contributed by atoms with Gasteiger partial charge in [-0.1, -0.05) is 89.6 Å².